The summed E-state index contributed by atoms with van der Waals surface area (Å²) in [5, 5.41) is 0. The van der Waals surface area contributed by atoms with E-state index in [9.17, 15) is 13.0 Å². The fraction of sp³-hybridized carbons (Fsp3) is 0.278. The third-order valence-corrected chi connectivity index (χ3v) is 5.19. The van der Waals surface area contributed by atoms with Crippen molar-refractivity contribution in [3.63, 3.8) is 0 Å². The summed E-state index contributed by atoms with van der Waals surface area (Å²) in [6, 6.07) is 8.33. The Kier molecular flexibility index (Phi) is 3.89. The monoisotopic (exact) mass is 375 g/mol. The summed E-state index contributed by atoms with van der Waals surface area (Å²) in [7, 11) is -4.32. The third-order valence-electron chi connectivity index (χ3n) is 4.23. The Labute approximate surface area is 150 Å². The summed E-state index contributed by atoms with van der Waals surface area (Å²) in [6.45, 7) is 3.86. The highest BCUT2D eigenvalue weighted by molar-refractivity contribution is 7.85. The van der Waals surface area contributed by atoms with Crippen LogP contribution in [0.15, 0.2) is 39.6 Å². The third kappa shape index (κ3) is 3.02. The predicted molar refractivity (Wildman–Crippen MR) is 93.4 cm³/mol. The fourth-order valence-electron chi connectivity index (χ4n) is 3.13. The number of fused-ring (bicyclic) bond motifs is 3. The van der Waals surface area contributed by atoms with E-state index >= 15 is 0 Å². The van der Waals surface area contributed by atoms with Crippen LogP contribution in [-0.2, 0) is 16.5 Å². The van der Waals surface area contributed by atoms with E-state index in [0.717, 1.165) is 5.56 Å². The molecule has 0 saturated heterocycles. The molecule has 0 spiro atoms. The van der Waals surface area contributed by atoms with Crippen LogP contribution < -0.4 is 9.47 Å². The predicted octanol–water partition coefficient (Wildman–Crippen LogP) is 3.07. The van der Waals surface area contributed by atoms with Crippen molar-refractivity contribution in [3.8, 4) is 11.5 Å². The van der Waals surface area contributed by atoms with Gasteiger partial charge in [-0.15, -0.1) is 0 Å². The second-order valence-electron chi connectivity index (χ2n) is 6.32. The summed E-state index contributed by atoms with van der Waals surface area (Å²) in [5.41, 5.74) is 2.53. The van der Waals surface area contributed by atoms with Crippen LogP contribution in [0.2, 0.25) is 0 Å². The molecule has 0 amide bonds. The number of benzene rings is 2. The van der Waals surface area contributed by atoms with Gasteiger partial charge in [-0.2, -0.15) is 8.42 Å². The molecule has 0 fully saturated rings. The van der Waals surface area contributed by atoms with Gasteiger partial charge in [0.15, 0.2) is 11.6 Å². The lowest BCUT2D eigenvalue weighted by molar-refractivity contribution is 0.0914. The quantitative estimate of drug-likeness (QED) is 0.702. The molecule has 1 unspecified atom stereocenters. The first-order valence-electron chi connectivity index (χ1n) is 8.08. The first kappa shape index (κ1) is 16.9. The van der Waals surface area contributed by atoms with E-state index < -0.39 is 16.2 Å². The van der Waals surface area contributed by atoms with E-state index in [2.05, 4.69) is 4.98 Å². The van der Waals surface area contributed by atoms with Crippen LogP contribution in [0.3, 0.4) is 0 Å². The van der Waals surface area contributed by atoms with Gasteiger partial charge in [0, 0.05) is 13.3 Å². The standard InChI is InChI=1S/C18H17NO6S/c1-10-3-6-16(26(20,21)22)12(7-10)8-13-9-23-15-5-4-14-17(18(15)25-13)24-11(2)19-14/h3-7,13H,8-9H2,1-2H3,(H,20,21,22). The Balaban J connectivity index is 1.68. The van der Waals surface area contributed by atoms with Crippen LogP contribution in [-0.4, -0.2) is 30.7 Å². The van der Waals surface area contributed by atoms with E-state index in [1.807, 2.05) is 6.92 Å². The van der Waals surface area contributed by atoms with E-state index in [4.69, 9.17) is 13.9 Å². The number of aromatic nitrogens is 1. The smallest absolute Gasteiger partial charge is 0.294 e. The van der Waals surface area contributed by atoms with Crippen molar-refractivity contribution in [2.24, 2.45) is 0 Å². The Morgan fingerprint density at radius 2 is 2.04 bits per heavy atom. The van der Waals surface area contributed by atoms with Gasteiger partial charge in [0.25, 0.3) is 10.1 Å². The number of hydrogen-bond acceptors (Lipinski definition) is 6. The molecule has 4 rings (SSSR count). The first-order valence-corrected chi connectivity index (χ1v) is 9.52. The van der Waals surface area contributed by atoms with Gasteiger partial charge in [-0.05, 0) is 30.7 Å². The molecule has 0 bridgehead atoms. The van der Waals surface area contributed by atoms with Crippen LogP contribution in [0.1, 0.15) is 17.0 Å². The molecule has 1 aromatic heterocycles. The maximum atomic E-state index is 11.6. The van der Waals surface area contributed by atoms with Crippen molar-refractivity contribution in [2.45, 2.75) is 31.3 Å². The zero-order valence-electron chi connectivity index (χ0n) is 14.2. The second-order valence-corrected chi connectivity index (χ2v) is 7.71. The minimum Gasteiger partial charge on any atom is -0.486 e. The Bertz CT molecular complexity index is 1100. The molecule has 2 aromatic carbocycles. The Morgan fingerprint density at radius 3 is 2.81 bits per heavy atom. The van der Waals surface area contributed by atoms with E-state index in [1.165, 1.54) is 6.07 Å². The molecule has 1 aliphatic rings. The van der Waals surface area contributed by atoms with Gasteiger partial charge in [-0.3, -0.25) is 4.55 Å². The molecule has 1 aliphatic heterocycles. The van der Waals surface area contributed by atoms with E-state index in [0.29, 0.717) is 34.1 Å². The molecule has 0 radical (unpaired) electrons. The van der Waals surface area contributed by atoms with Crippen molar-refractivity contribution in [2.75, 3.05) is 6.61 Å². The second kappa shape index (κ2) is 6.00. The summed E-state index contributed by atoms with van der Waals surface area (Å²) < 4.78 is 50.2. The molecule has 0 aliphatic carbocycles. The van der Waals surface area contributed by atoms with Gasteiger partial charge < -0.3 is 13.9 Å². The van der Waals surface area contributed by atoms with Gasteiger partial charge in [-0.25, -0.2) is 4.98 Å². The van der Waals surface area contributed by atoms with Crippen LogP contribution in [0.4, 0.5) is 0 Å². The summed E-state index contributed by atoms with van der Waals surface area (Å²) >= 11 is 0. The molecular formula is C18H17NO6S. The van der Waals surface area contributed by atoms with Crippen molar-refractivity contribution >= 4 is 21.2 Å². The van der Waals surface area contributed by atoms with Gasteiger partial charge in [0.05, 0.1) is 4.90 Å². The topological polar surface area (TPSA) is 98.9 Å². The highest BCUT2D eigenvalue weighted by Gasteiger charge is 2.27. The molecule has 136 valence electrons. The number of aryl methyl sites for hydroxylation is 2. The summed E-state index contributed by atoms with van der Waals surface area (Å²) in [6.07, 6.45) is -0.166. The van der Waals surface area contributed by atoms with Crippen molar-refractivity contribution in [1.29, 1.82) is 0 Å². The summed E-state index contributed by atoms with van der Waals surface area (Å²) in [5.74, 6) is 1.54. The molecular weight excluding hydrogens is 358 g/mol. The number of nitrogens with zero attached hydrogens (tertiary/aromatic N) is 1. The van der Waals surface area contributed by atoms with Gasteiger partial charge in [0.2, 0.25) is 11.3 Å². The number of rotatable bonds is 3. The van der Waals surface area contributed by atoms with Gasteiger partial charge in [0.1, 0.15) is 18.2 Å². The maximum absolute atomic E-state index is 11.6. The molecule has 26 heavy (non-hydrogen) atoms. The van der Waals surface area contributed by atoms with E-state index in [-0.39, 0.29) is 17.9 Å². The average molecular weight is 375 g/mol. The fourth-order valence-corrected chi connectivity index (χ4v) is 3.85. The number of oxazole rings is 1. The van der Waals surface area contributed by atoms with Crippen LogP contribution in [0.5, 0.6) is 11.5 Å². The molecule has 1 N–H and O–H groups in total. The molecule has 2 heterocycles. The zero-order valence-corrected chi connectivity index (χ0v) is 15.0. The largest absolute Gasteiger partial charge is 0.486 e. The van der Waals surface area contributed by atoms with Crippen molar-refractivity contribution < 1.29 is 26.9 Å². The minimum absolute atomic E-state index is 0.119. The van der Waals surface area contributed by atoms with Crippen LogP contribution >= 0.6 is 0 Å². The zero-order chi connectivity index (χ0) is 18.5. The average Bonchev–Trinajstić information content (AvgIpc) is 2.94. The first-order chi connectivity index (χ1) is 12.3. The maximum Gasteiger partial charge on any atom is 0.294 e. The Morgan fingerprint density at radius 1 is 1.23 bits per heavy atom. The molecule has 8 heteroatoms. The van der Waals surface area contributed by atoms with Gasteiger partial charge in [-0.1, -0.05) is 17.7 Å². The molecule has 1 atom stereocenters. The molecule has 3 aromatic rings. The lowest BCUT2D eigenvalue weighted by atomic mass is 10.0. The lowest BCUT2D eigenvalue weighted by Crippen LogP contribution is -2.31. The van der Waals surface area contributed by atoms with Crippen LogP contribution in [0.25, 0.3) is 11.1 Å². The molecule has 7 nitrogen and oxygen atoms in total. The molecule has 0 saturated carbocycles. The van der Waals surface area contributed by atoms with Gasteiger partial charge >= 0.3 is 0 Å². The van der Waals surface area contributed by atoms with Crippen LogP contribution in [0, 0.1) is 13.8 Å². The lowest BCUT2D eigenvalue weighted by Gasteiger charge is -2.26. The highest BCUT2D eigenvalue weighted by Crippen LogP contribution is 2.39. The number of ether oxygens (including phenoxy) is 2. The number of hydrogen-bond donors (Lipinski definition) is 1. The van der Waals surface area contributed by atoms with E-state index in [1.54, 1.807) is 31.2 Å². The minimum atomic E-state index is -4.32. The summed E-state index contributed by atoms with van der Waals surface area (Å²) in [4.78, 5) is 4.15. The highest BCUT2D eigenvalue weighted by atomic mass is 32.2. The normalized spacial score (nSPS) is 16.8. The SMILES string of the molecule is Cc1ccc(S(=O)(=O)O)c(CC2COc3ccc4nc(C)oc4c3O2)c1. The Hall–Kier alpha value is -2.58. The van der Waals surface area contributed by atoms with Crippen molar-refractivity contribution in [1.82, 2.24) is 4.98 Å². The van der Waals surface area contributed by atoms with Crippen molar-refractivity contribution in [3.05, 3.63) is 47.3 Å².